The van der Waals surface area contributed by atoms with E-state index >= 15 is 0 Å². The van der Waals surface area contributed by atoms with Crippen molar-refractivity contribution in [1.82, 2.24) is 4.72 Å². The fraction of sp³-hybridized carbons (Fsp3) is 0.316. The van der Waals surface area contributed by atoms with Gasteiger partial charge in [-0.3, -0.25) is 0 Å². The van der Waals surface area contributed by atoms with Crippen LogP contribution in [0, 0.1) is 0 Å². The molecule has 0 radical (unpaired) electrons. The van der Waals surface area contributed by atoms with Crippen LogP contribution in [0.5, 0.6) is 11.5 Å². The molecule has 0 saturated carbocycles. The largest absolute Gasteiger partial charge is 0.495 e. The number of hydrogen-bond acceptors (Lipinski definition) is 5. The summed E-state index contributed by atoms with van der Waals surface area (Å²) in [5.74, 6) is -0.0902. The van der Waals surface area contributed by atoms with Gasteiger partial charge in [-0.15, -0.1) is 0 Å². The molecule has 2 aromatic carbocycles. The third-order valence-electron chi connectivity index (χ3n) is 3.62. The molecule has 2 rings (SSSR count). The number of carbonyl (C=O) groups excluding carboxylic acids is 1. The smallest absolute Gasteiger partial charge is 0.343 e. The average Bonchev–Trinajstić information content (AvgIpc) is 2.60. The number of aryl methyl sites for hydroxylation is 1. The van der Waals surface area contributed by atoms with Crippen molar-refractivity contribution in [2.75, 3.05) is 7.11 Å². The zero-order valence-corrected chi connectivity index (χ0v) is 16.1. The van der Waals surface area contributed by atoms with Crippen molar-refractivity contribution in [2.45, 2.75) is 38.1 Å². The van der Waals surface area contributed by atoms with Crippen LogP contribution in [0.2, 0.25) is 0 Å². The molecular weight excluding hydrogens is 354 g/mol. The molecule has 26 heavy (non-hydrogen) atoms. The number of benzene rings is 2. The molecule has 6 nitrogen and oxygen atoms in total. The lowest BCUT2D eigenvalue weighted by Gasteiger charge is -2.14. The van der Waals surface area contributed by atoms with Crippen LogP contribution in [-0.4, -0.2) is 27.5 Å². The first-order chi connectivity index (χ1) is 12.3. The Bertz CT molecular complexity index is 873. The van der Waals surface area contributed by atoms with Gasteiger partial charge >= 0.3 is 5.97 Å². The maximum absolute atomic E-state index is 12.5. The topological polar surface area (TPSA) is 81.7 Å². The summed E-state index contributed by atoms with van der Waals surface area (Å²) in [6, 6.07) is 11.0. The van der Waals surface area contributed by atoms with Gasteiger partial charge in [-0.05, 0) is 56.2 Å². The highest BCUT2D eigenvalue weighted by molar-refractivity contribution is 7.89. The average molecular weight is 377 g/mol. The summed E-state index contributed by atoms with van der Waals surface area (Å²) in [6.07, 6.45) is 0.886. The van der Waals surface area contributed by atoms with Crippen molar-refractivity contribution in [2.24, 2.45) is 0 Å². The second kappa shape index (κ2) is 8.33. The van der Waals surface area contributed by atoms with Crippen molar-refractivity contribution >= 4 is 16.0 Å². The molecule has 2 aromatic rings. The van der Waals surface area contributed by atoms with E-state index in [1.165, 1.54) is 25.3 Å². The van der Waals surface area contributed by atoms with Crippen LogP contribution in [0.25, 0.3) is 0 Å². The van der Waals surface area contributed by atoms with Crippen molar-refractivity contribution in [1.29, 1.82) is 0 Å². The second-order valence-electron chi connectivity index (χ2n) is 6.03. The first-order valence-corrected chi connectivity index (χ1v) is 9.76. The Morgan fingerprint density at radius 2 is 1.77 bits per heavy atom. The van der Waals surface area contributed by atoms with Crippen molar-refractivity contribution in [3.63, 3.8) is 0 Å². The highest BCUT2D eigenvalue weighted by Crippen LogP contribution is 2.26. The number of ether oxygens (including phenoxy) is 2. The van der Waals surface area contributed by atoms with E-state index in [4.69, 9.17) is 9.47 Å². The van der Waals surface area contributed by atoms with Gasteiger partial charge in [-0.25, -0.2) is 17.9 Å². The molecule has 0 bridgehead atoms. The van der Waals surface area contributed by atoms with Crippen LogP contribution >= 0.6 is 0 Å². The van der Waals surface area contributed by atoms with Crippen LogP contribution in [-0.2, 0) is 16.4 Å². The van der Waals surface area contributed by atoms with E-state index in [0.29, 0.717) is 5.75 Å². The van der Waals surface area contributed by atoms with Crippen molar-refractivity contribution in [3.05, 3.63) is 53.6 Å². The van der Waals surface area contributed by atoms with E-state index in [2.05, 4.69) is 4.72 Å². The fourth-order valence-corrected chi connectivity index (χ4v) is 3.79. The Labute approximate surface area is 154 Å². The van der Waals surface area contributed by atoms with Gasteiger partial charge in [0.1, 0.15) is 16.4 Å². The Morgan fingerprint density at radius 3 is 2.31 bits per heavy atom. The van der Waals surface area contributed by atoms with Gasteiger partial charge in [-0.1, -0.05) is 19.1 Å². The molecule has 7 heteroatoms. The molecule has 140 valence electrons. The minimum absolute atomic E-state index is 0.107. The predicted molar refractivity (Wildman–Crippen MR) is 99.2 cm³/mol. The summed E-state index contributed by atoms with van der Waals surface area (Å²) >= 11 is 0. The maximum Gasteiger partial charge on any atom is 0.343 e. The van der Waals surface area contributed by atoms with E-state index in [1.807, 2.05) is 19.1 Å². The lowest BCUT2D eigenvalue weighted by molar-refractivity contribution is 0.0734. The zero-order chi connectivity index (χ0) is 19.3. The Balaban J connectivity index is 2.31. The molecule has 0 aliphatic heterocycles. The minimum Gasteiger partial charge on any atom is -0.495 e. The lowest BCUT2D eigenvalue weighted by atomic mass is 10.2. The number of nitrogens with one attached hydrogen (secondary N) is 1. The lowest BCUT2D eigenvalue weighted by Crippen LogP contribution is -2.30. The molecule has 0 spiro atoms. The van der Waals surface area contributed by atoms with Gasteiger partial charge in [0, 0.05) is 6.04 Å². The van der Waals surface area contributed by atoms with Crippen molar-refractivity contribution < 1.29 is 22.7 Å². The summed E-state index contributed by atoms with van der Waals surface area (Å²) < 4.78 is 37.9. The summed E-state index contributed by atoms with van der Waals surface area (Å²) in [7, 11) is -2.45. The highest BCUT2D eigenvalue weighted by atomic mass is 32.2. The number of esters is 1. The molecule has 0 heterocycles. The van der Waals surface area contributed by atoms with Crippen LogP contribution in [0.4, 0.5) is 0 Å². The molecule has 0 atom stereocenters. The van der Waals surface area contributed by atoms with Crippen LogP contribution in [0.3, 0.4) is 0 Å². The molecule has 0 aliphatic carbocycles. The minimum atomic E-state index is -3.82. The molecule has 0 aromatic heterocycles. The number of rotatable bonds is 7. The molecular formula is C19H23NO5S. The summed E-state index contributed by atoms with van der Waals surface area (Å²) in [6.45, 7) is 5.45. The highest BCUT2D eigenvalue weighted by Gasteiger charge is 2.23. The predicted octanol–water partition coefficient (Wildman–Crippen LogP) is 3.16. The first-order valence-electron chi connectivity index (χ1n) is 8.28. The molecule has 0 fully saturated rings. The van der Waals surface area contributed by atoms with Gasteiger partial charge in [0.25, 0.3) is 0 Å². The van der Waals surface area contributed by atoms with Gasteiger partial charge in [-0.2, -0.15) is 0 Å². The van der Waals surface area contributed by atoms with Crippen LogP contribution in [0.15, 0.2) is 47.4 Å². The van der Waals surface area contributed by atoms with Crippen LogP contribution in [0.1, 0.15) is 36.7 Å². The van der Waals surface area contributed by atoms with Gasteiger partial charge in [0.15, 0.2) is 0 Å². The summed E-state index contributed by atoms with van der Waals surface area (Å²) in [4.78, 5) is 12.3. The first kappa shape index (κ1) is 19.9. The number of hydrogen-bond donors (Lipinski definition) is 1. The normalized spacial score (nSPS) is 11.4. The summed E-state index contributed by atoms with van der Waals surface area (Å²) in [5.41, 5.74) is 1.25. The third-order valence-corrected chi connectivity index (χ3v) is 5.30. The van der Waals surface area contributed by atoms with Crippen LogP contribution < -0.4 is 14.2 Å². The molecule has 0 amide bonds. The van der Waals surface area contributed by atoms with E-state index in [0.717, 1.165) is 12.0 Å². The third kappa shape index (κ3) is 4.83. The summed E-state index contributed by atoms with van der Waals surface area (Å²) in [5, 5.41) is 0. The monoisotopic (exact) mass is 377 g/mol. The van der Waals surface area contributed by atoms with E-state index in [1.54, 1.807) is 26.0 Å². The van der Waals surface area contributed by atoms with E-state index < -0.39 is 16.0 Å². The van der Waals surface area contributed by atoms with Crippen molar-refractivity contribution in [3.8, 4) is 11.5 Å². The molecule has 0 unspecified atom stereocenters. The van der Waals surface area contributed by atoms with E-state index in [-0.39, 0.29) is 22.3 Å². The Kier molecular flexibility index (Phi) is 6.39. The second-order valence-corrected chi connectivity index (χ2v) is 7.71. The Hall–Kier alpha value is -2.38. The molecule has 0 aliphatic rings. The standard InChI is InChI=1S/C19H23NO5S/c1-5-14-6-9-16(10-7-14)25-19(21)15-8-11-17(24-4)18(12-15)26(22,23)20-13(2)3/h6-13,20H,5H2,1-4H3. The SMILES string of the molecule is CCc1ccc(OC(=O)c2ccc(OC)c(S(=O)(=O)NC(C)C)c2)cc1. The number of sulfonamides is 1. The van der Waals surface area contributed by atoms with Gasteiger partial charge in [0.05, 0.1) is 12.7 Å². The number of methoxy groups -OCH3 is 1. The number of carbonyl (C=O) groups is 1. The Morgan fingerprint density at radius 1 is 1.12 bits per heavy atom. The molecule has 1 N–H and O–H groups in total. The fourth-order valence-electron chi connectivity index (χ4n) is 2.35. The van der Waals surface area contributed by atoms with E-state index in [9.17, 15) is 13.2 Å². The van der Waals surface area contributed by atoms with Gasteiger partial charge < -0.3 is 9.47 Å². The quantitative estimate of drug-likeness (QED) is 0.592. The zero-order valence-electron chi connectivity index (χ0n) is 15.3. The van der Waals surface area contributed by atoms with Gasteiger partial charge in [0.2, 0.25) is 10.0 Å². The maximum atomic E-state index is 12.5. The molecule has 0 saturated heterocycles.